The average molecular weight is 523 g/mol. The Labute approximate surface area is 219 Å². The predicted molar refractivity (Wildman–Crippen MR) is 149 cm³/mol. The number of hydrogen-bond acceptors (Lipinski definition) is 10. The first kappa shape index (κ1) is 34.4. The maximum Gasteiger partial charge on any atom is 0.219 e. The smallest absolute Gasteiger partial charge is 0.219 e. The van der Waals surface area contributed by atoms with Gasteiger partial charge in [0.2, 0.25) is 5.91 Å². The van der Waals surface area contributed by atoms with E-state index in [2.05, 4.69) is 36.0 Å². The van der Waals surface area contributed by atoms with Crippen LogP contribution in [0.15, 0.2) is 0 Å². The Hall–Kier alpha value is -0.600. The normalized spacial score (nSPS) is 11.9. The molecule has 0 fully saturated rings. The van der Waals surface area contributed by atoms with Crippen molar-refractivity contribution in [3.63, 3.8) is 0 Å². The zero-order valence-electron chi connectivity index (χ0n) is 22.7. The van der Waals surface area contributed by atoms with Crippen LogP contribution in [0.25, 0.3) is 0 Å². The highest BCUT2D eigenvalue weighted by Gasteiger charge is 2.12. The van der Waals surface area contributed by atoms with Crippen LogP contribution in [0.5, 0.6) is 0 Å². The molecule has 0 aliphatic rings. The van der Waals surface area contributed by atoms with E-state index in [1.54, 1.807) is 0 Å². The summed E-state index contributed by atoms with van der Waals surface area (Å²) in [6.07, 6.45) is 0.519. The summed E-state index contributed by atoms with van der Waals surface area (Å²) in [5, 5.41) is 12.8. The first-order chi connectivity index (χ1) is 17.0. The summed E-state index contributed by atoms with van der Waals surface area (Å²) in [5.41, 5.74) is 11.4. The number of likely N-dealkylation sites (N-methyl/N-ethyl adjacent to an activating group) is 2. The van der Waals surface area contributed by atoms with Gasteiger partial charge in [0.05, 0.1) is 0 Å². The monoisotopic (exact) mass is 522 g/mol. The lowest BCUT2D eigenvalue weighted by molar-refractivity contribution is -0.120. The molecular weight excluding hydrogens is 468 g/mol. The van der Waals surface area contributed by atoms with Gasteiger partial charge in [-0.1, -0.05) is 6.92 Å². The van der Waals surface area contributed by atoms with Crippen molar-refractivity contribution < 1.29 is 4.79 Å². The fourth-order valence-electron chi connectivity index (χ4n) is 3.57. The first-order valence-corrected chi connectivity index (χ1v) is 13.6. The minimum atomic E-state index is 0.0936. The van der Waals surface area contributed by atoms with E-state index >= 15 is 0 Å². The van der Waals surface area contributed by atoms with E-state index in [4.69, 9.17) is 23.2 Å². The van der Waals surface area contributed by atoms with Gasteiger partial charge in [-0.25, -0.2) is 4.42 Å². The molecular formula is C23H55ClN10O. The molecule has 0 aromatic heterocycles. The molecule has 210 valence electrons. The molecule has 0 spiro atoms. The summed E-state index contributed by atoms with van der Waals surface area (Å²) in [7, 11) is 3.94. The molecule has 0 unspecified atom stereocenters. The molecule has 0 saturated carbocycles. The number of hydrogen-bond donors (Lipinski definition) is 6. The van der Waals surface area contributed by atoms with Crippen LogP contribution in [0.2, 0.25) is 0 Å². The highest BCUT2D eigenvalue weighted by Crippen LogP contribution is 1.99. The van der Waals surface area contributed by atoms with Crippen molar-refractivity contribution >= 4 is 17.7 Å². The van der Waals surface area contributed by atoms with Crippen LogP contribution in [-0.2, 0) is 4.79 Å². The number of carbonyl (C=O) groups is 1. The standard InChI is InChI=1S/C23H55ClN10O/c1-4-23(35)30-11-16-32(13-8-27-2)19-21-34(24)22-20-33(14-9-28-3)18-17-31(12-6-26)15-10-29-7-5-25/h27-29H,4-22,25-26H2,1-3H3,(H,30,35). The Balaban J connectivity index is 4.50. The zero-order chi connectivity index (χ0) is 26.2. The molecule has 8 N–H and O–H groups in total. The predicted octanol–water partition coefficient (Wildman–Crippen LogP) is -2.18. The molecule has 0 aliphatic carbocycles. The lowest BCUT2D eigenvalue weighted by Crippen LogP contribution is -2.44. The number of nitrogens with two attached hydrogens (primary N) is 2. The van der Waals surface area contributed by atoms with Crippen molar-refractivity contribution in [2.75, 3.05) is 132 Å². The van der Waals surface area contributed by atoms with Gasteiger partial charge in [-0.15, -0.1) is 0 Å². The quantitative estimate of drug-likeness (QED) is 0.0550. The topological polar surface area (TPSA) is 130 Å². The van der Waals surface area contributed by atoms with Gasteiger partial charge in [0, 0.05) is 124 Å². The van der Waals surface area contributed by atoms with Crippen molar-refractivity contribution in [1.29, 1.82) is 0 Å². The van der Waals surface area contributed by atoms with Gasteiger partial charge in [-0.05, 0) is 25.9 Å². The van der Waals surface area contributed by atoms with Crippen LogP contribution in [0.3, 0.4) is 0 Å². The van der Waals surface area contributed by atoms with E-state index in [9.17, 15) is 4.79 Å². The third-order valence-electron chi connectivity index (χ3n) is 5.85. The molecule has 0 heterocycles. The number of nitrogens with one attached hydrogen (secondary N) is 4. The zero-order valence-corrected chi connectivity index (χ0v) is 23.4. The largest absolute Gasteiger partial charge is 0.355 e. The molecule has 0 aromatic carbocycles. The van der Waals surface area contributed by atoms with Crippen LogP contribution < -0.4 is 32.7 Å². The molecule has 0 saturated heterocycles. The first-order valence-electron chi connectivity index (χ1n) is 13.2. The lowest BCUT2D eigenvalue weighted by atomic mass is 10.3. The Morgan fingerprint density at radius 1 is 0.657 bits per heavy atom. The molecule has 12 heteroatoms. The van der Waals surface area contributed by atoms with E-state index in [1.165, 1.54) is 0 Å². The van der Waals surface area contributed by atoms with Crippen LogP contribution in [0.4, 0.5) is 0 Å². The third kappa shape index (κ3) is 21.2. The molecule has 0 aliphatic heterocycles. The number of halogens is 1. The minimum Gasteiger partial charge on any atom is -0.355 e. The van der Waals surface area contributed by atoms with E-state index in [-0.39, 0.29) is 5.91 Å². The highest BCUT2D eigenvalue weighted by atomic mass is 35.5. The van der Waals surface area contributed by atoms with Crippen LogP contribution >= 0.6 is 11.8 Å². The van der Waals surface area contributed by atoms with Crippen LogP contribution in [0, 0.1) is 0 Å². The van der Waals surface area contributed by atoms with Crippen molar-refractivity contribution in [3.8, 4) is 0 Å². The number of amides is 1. The van der Waals surface area contributed by atoms with E-state index < -0.39 is 0 Å². The highest BCUT2D eigenvalue weighted by molar-refractivity contribution is 6.13. The van der Waals surface area contributed by atoms with Gasteiger partial charge in [0.25, 0.3) is 0 Å². The van der Waals surface area contributed by atoms with E-state index in [0.29, 0.717) is 26.1 Å². The van der Waals surface area contributed by atoms with Gasteiger partial charge in [-0.3, -0.25) is 19.5 Å². The van der Waals surface area contributed by atoms with Gasteiger partial charge in [0.1, 0.15) is 0 Å². The van der Waals surface area contributed by atoms with Crippen molar-refractivity contribution in [3.05, 3.63) is 0 Å². The Bertz CT molecular complexity index is 478. The van der Waals surface area contributed by atoms with Crippen LogP contribution in [0.1, 0.15) is 13.3 Å². The molecule has 0 rings (SSSR count). The van der Waals surface area contributed by atoms with Crippen molar-refractivity contribution in [1.82, 2.24) is 40.4 Å². The van der Waals surface area contributed by atoms with Crippen LogP contribution in [-0.4, -0.2) is 157 Å². The average Bonchev–Trinajstić information content (AvgIpc) is 2.86. The van der Waals surface area contributed by atoms with Gasteiger partial charge in [0.15, 0.2) is 0 Å². The molecule has 0 aromatic rings. The van der Waals surface area contributed by atoms with Crippen molar-refractivity contribution in [2.45, 2.75) is 13.3 Å². The number of rotatable bonds is 26. The fourth-order valence-corrected chi connectivity index (χ4v) is 3.72. The molecule has 1 amide bonds. The van der Waals surface area contributed by atoms with E-state index in [1.807, 2.05) is 25.4 Å². The summed E-state index contributed by atoms with van der Waals surface area (Å²) in [6.45, 7) is 17.4. The molecule has 0 radical (unpaired) electrons. The second kappa shape index (κ2) is 25.1. The summed E-state index contributed by atoms with van der Waals surface area (Å²) < 4.78 is 1.89. The number of nitrogens with zero attached hydrogens (tertiary/aromatic N) is 4. The Morgan fingerprint density at radius 3 is 1.66 bits per heavy atom. The molecule has 11 nitrogen and oxygen atoms in total. The SMILES string of the molecule is CCC(=O)NCCN(CCNC)CCN(Cl)CCN(CCNC)CCN(CCN)CCNCCN. The summed E-state index contributed by atoms with van der Waals surface area (Å²) in [5.74, 6) is 0.0936. The molecule has 0 bridgehead atoms. The number of carbonyl (C=O) groups excluding carboxylic acids is 1. The fraction of sp³-hybridized carbons (Fsp3) is 0.957. The Morgan fingerprint density at radius 2 is 1.14 bits per heavy atom. The second-order valence-corrected chi connectivity index (χ2v) is 9.15. The van der Waals surface area contributed by atoms with Gasteiger partial charge >= 0.3 is 0 Å². The minimum absolute atomic E-state index is 0.0936. The molecule has 35 heavy (non-hydrogen) atoms. The summed E-state index contributed by atoms with van der Waals surface area (Å²) in [4.78, 5) is 18.7. The second-order valence-electron chi connectivity index (χ2n) is 8.67. The molecule has 0 atom stereocenters. The summed E-state index contributed by atoms with van der Waals surface area (Å²) >= 11 is 6.59. The lowest BCUT2D eigenvalue weighted by Gasteiger charge is -2.29. The van der Waals surface area contributed by atoms with E-state index in [0.717, 1.165) is 98.2 Å². The Kier molecular flexibility index (Phi) is 24.6. The van der Waals surface area contributed by atoms with Gasteiger partial charge in [-0.2, -0.15) is 0 Å². The van der Waals surface area contributed by atoms with Crippen molar-refractivity contribution in [2.24, 2.45) is 11.5 Å². The van der Waals surface area contributed by atoms with Gasteiger partial charge < -0.3 is 32.7 Å². The third-order valence-corrected chi connectivity index (χ3v) is 6.19. The maximum absolute atomic E-state index is 11.5. The summed E-state index contributed by atoms with van der Waals surface area (Å²) in [6, 6.07) is 0. The maximum atomic E-state index is 11.5.